The van der Waals surface area contributed by atoms with Crippen molar-refractivity contribution in [3.8, 4) is 0 Å². The van der Waals surface area contributed by atoms with Crippen LogP contribution >= 0.6 is 7.44 Å². The van der Waals surface area contributed by atoms with Gasteiger partial charge in [0.25, 0.3) is 0 Å². The van der Waals surface area contributed by atoms with E-state index >= 15 is 0 Å². The smallest absolute Gasteiger partial charge is 0.220 e. The lowest BCUT2D eigenvalue weighted by atomic mass is 9.91. The van der Waals surface area contributed by atoms with Crippen LogP contribution in [-0.4, -0.2) is 41.7 Å². The summed E-state index contributed by atoms with van der Waals surface area (Å²) in [5.41, 5.74) is 0. The maximum absolute atomic E-state index is 13.0. The van der Waals surface area contributed by atoms with Crippen LogP contribution in [0.15, 0.2) is 12.2 Å². The monoisotopic (exact) mass is 242 g/mol. The van der Waals surface area contributed by atoms with E-state index in [4.69, 9.17) is 0 Å². The van der Waals surface area contributed by atoms with Crippen LogP contribution in [0.5, 0.6) is 0 Å². The molecule has 0 unspecified atom stereocenters. The first kappa shape index (κ1) is 12.3. The van der Waals surface area contributed by atoms with Gasteiger partial charge < -0.3 is 0 Å². The zero-order chi connectivity index (χ0) is 11.8. The number of likely N-dealkylation sites (N-methyl/N-ethyl adjacent to an activating group) is 2. The lowest BCUT2D eigenvalue weighted by Crippen LogP contribution is -2.37. The van der Waals surface area contributed by atoms with Gasteiger partial charge in [-0.1, -0.05) is 25.0 Å². The molecular formula is C12H23N2OP. The van der Waals surface area contributed by atoms with Crippen molar-refractivity contribution in [2.45, 2.75) is 44.7 Å². The molecule has 0 aromatic rings. The van der Waals surface area contributed by atoms with Crippen molar-refractivity contribution in [1.82, 2.24) is 9.34 Å². The predicted octanol–water partition coefficient (Wildman–Crippen LogP) is 2.94. The minimum absolute atomic E-state index is 0.523. The minimum atomic E-state index is -2.29. The van der Waals surface area contributed by atoms with E-state index < -0.39 is 7.44 Å². The molecule has 0 amide bonds. The molecule has 2 fully saturated rings. The summed E-state index contributed by atoms with van der Waals surface area (Å²) in [6.45, 7) is 2.00. The third-order valence-electron chi connectivity index (χ3n) is 4.22. The fraction of sp³-hybridized carbons (Fsp3) is 0.833. The summed E-state index contributed by atoms with van der Waals surface area (Å²) in [6.07, 6.45) is 9.76. The van der Waals surface area contributed by atoms with Crippen molar-refractivity contribution in [3.05, 3.63) is 12.2 Å². The van der Waals surface area contributed by atoms with Crippen LogP contribution in [0.25, 0.3) is 0 Å². The first-order chi connectivity index (χ1) is 7.61. The molecule has 0 aromatic carbocycles. The third kappa shape index (κ3) is 1.79. The Morgan fingerprint density at radius 2 is 1.69 bits per heavy atom. The Morgan fingerprint density at radius 1 is 1.19 bits per heavy atom. The van der Waals surface area contributed by atoms with Crippen LogP contribution < -0.4 is 0 Å². The zero-order valence-corrected chi connectivity index (χ0v) is 11.5. The predicted molar refractivity (Wildman–Crippen MR) is 68.9 cm³/mol. The minimum Gasteiger partial charge on any atom is -0.288 e. The largest absolute Gasteiger partial charge is 0.288 e. The number of allylic oxidation sites excluding steroid dienone is 2. The van der Waals surface area contributed by atoms with E-state index in [2.05, 4.69) is 23.4 Å². The molecular weight excluding hydrogens is 219 g/mol. The van der Waals surface area contributed by atoms with Gasteiger partial charge in [0.1, 0.15) is 0 Å². The summed E-state index contributed by atoms with van der Waals surface area (Å²) in [5.74, 6) is 0. The number of nitrogens with zero attached hydrogens (tertiary/aromatic N) is 2. The molecule has 0 aromatic heterocycles. The molecule has 1 aliphatic carbocycles. The number of rotatable bonds is 2. The van der Waals surface area contributed by atoms with E-state index in [1.807, 2.05) is 19.1 Å². The second kappa shape index (κ2) is 4.64. The highest BCUT2D eigenvalue weighted by Gasteiger charge is 2.50. The van der Waals surface area contributed by atoms with E-state index in [-0.39, 0.29) is 0 Å². The van der Waals surface area contributed by atoms with Gasteiger partial charge in [0.05, 0.1) is 0 Å². The SMILES string of the molecule is C/C=C/CP1(=O)N(C)[C@@H]2CCCC[C@H]2N1C. The van der Waals surface area contributed by atoms with Gasteiger partial charge in [-0.15, -0.1) is 0 Å². The molecule has 2 aliphatic rings. The molecule has 1 saturated heterocycles. The number of hydrogen-bond donors (Lipinski definition) is 0. The maximum Gasteiger partial charge on any atom is 0.220 e. The number of fused-ring (bicyclic) bond motifs is 1. The van der Waals surface area contributed by atoms with Crippen LogP contribution in [0.2, 0.25) is 0 Å². The molecule has 1 saturated carbocycles. The first-order valence-corrected chi connectivity index (χ1v) is 8.08. The van der Waals surface area contributed by atoms with Gasteiger partial charge in [0.2, 0.25) is 7.44 Å². The molecule has 0 radical (unpaired) electrons. The van der Waals surface area contributed by atoms with Gasteiger partial charge in [-0.25, -0.2) is 9.34 Å². The molecule has 4 heteroatoms. The van der Waals surface area contributed by atoms with Crippen LogP contribution in [0.4, 0.5) is 0 Å². The normalized spacial score (nSPS) is 35.7. The molecule has 16 heavy (non-hydrogen) atoms. The fourth-order valence-corrected chi connectivity index (χ4v) is 6.06. The average Bonchev–Trinajstić information content (AvgIpc) is 2.51. The van der Waals surface area contributed by atoms with Crippen molar-refractivity contribution < 1.29 is 4.57 Å². The van der Waals surface area contributed by atoms with E-state index in [0.717, 1.165) is 0 Å². The van der Waals surface area contributed by atoms with Gasteiger partial charge >= 0.3 is 0 Å². The first-order valence-electron chi connectivity index (χ1n) is 6.28. The Balaban J connectivity index is 2.23. The molecule has 0 N–H and O–H groups in total. The van der Waals surface area contributed by atoms with E-state index in [0.29, 0.717) is 18.2 Å². The van der Waals surface area contributed by atoms with E-state index in [9.17, 15) is 4.57 Å². The van der Waals surface area contributed by atoms with Crippen molar-refractivity contribution >= 4 is 7.44 Å². The zero-order valence-electron chi connectivity index (χ0n) is 10.6. The summed E-state index contributed by atoms with van der Waals surface area (Å²) >= 11 is 0. The van der Waals surface area contributed by atoms with Crippen LogP contribution in [-0.2, 0) is 4.57 Å². The highest BCUT2D eigenvalue weighted by molar-refractivity contribution is 7.59. The summed E-state index contributed by atoms with van der Waals surface area (Å²) < 4.78 is 17.4. The van der Waals surface area contributed by atoms with Gasteiger partial charge in [-0.2, -0.15) is 0 Å². The Kier molecular flexibility index (Phi) is 3.58. The van der Waals surface area contributed by atoms with Crippen molar-refractivity contribution in [1.29, 1.82) is 0 Å². The third-order valence-corrected chi connectivity index (χ3v) is 7.47. The molecule has 2 rings (SSSR count). The Hall–Kier alpha value is -0.110. The van der Waals surface area contributed by atoms with Crippen LogP contribution in [0.3, 0.4) is 0 Å². The Bertz CT molecular complexity index is 307. The van der Waals surface area contributed by atoms with E-state index in [1.165, 1.54) is 25.7 Å². The van der Waals surface area contributed by atoms with Crippen molar-refractivity contribution in [2.75, 3.05) is 20.3 Å². The molecule has 0 spiro atoms. The average molecular weight is 242 g/mol. The van der Waals surface area contributed by atoms with Gasteiger partial charge in [0.15, 0.2) is 0 Å². The number of hydrogen-bond acceptors (Lipinski definition) is 1. The van der Waals surface area contributed by atoms with Gasteiger partial charge in [-0.3, -0.25) is 4.57 Å². The van der Waals surface area contributed by atoms with Gasteiger partial charge in [0, 0.05) is 18.2 Å². The highest BCUT2D eigenvalue weighted by atomic mass is 31.2. The molecule has 3 nitrogen and oxygen atoms in total. The maximum atomic E-state index is 13.0. The molecule has 0 bridgehead atoms. The second-order valence-electron chi connectivity index (χ2n) is 4.98. The highest BCUT2D eigenvalue weighted by Crippen LogP contribution is 2.61. The second-order valence-corrected chi connectivity index (χ2v) is 7.94. The molecule has 1 heterocycles. The standard InChI is InChI=1S/C12H23N2OP/c1-4-5-10-16(15)13(2)11-8-6-7-9-12(11)14(16)3/h4-5,11-12H,6-10H2,1-3H3/b5-4+/t11-,12-/m1/s1. The Morgan fingerprint density at radius 3 is 2.12 bits per heavy atom. The molecule has 1 aliphatic heterocycles. The topological polar surface area (TPSA) is 23.6 Å². The molecule has 92 valence electrons. The van der Waals surface area contributed by atoms with Crippen molar-refractivity contribution in [2.24, 2.45) is 0 Å². The molecule has 2 atom stereocenters. The summed E-state index contributed by atoms with van der Waals surface area (Å²) in [7, 11) is 1.81. The van der Waals surface area contributed by atoms with E-state index in [1.54, 1.807) is 0 Å². The fourth-order valence-electron chi connectivity index (χ4n) is 3.15. The summed E-state index contributed by atoms with van der Waals surface area (Å²) in [6, 6.07) is 1.05. The summed E-state index contributed by atoms with van der Waals surface area (Å²) in [4.78, 5) is 0. The lowest BCUT2D eigenvalue weighted by molar-refractivity contribution is 0.233. The van der Waals surface area contributed by atoms with Crippen molar-refractivity contribution in [3.63, 3.8) is 0 Å². The summed E-state index contributed by atoms with van der Waals surface area (Å²) in [5, 5.41) is 0. The lowest BCUT2D eigenvalue weighted by Gasteiger charge is -2.28. The Labute approximate surface area is 99.0 Å². The van der Waals surface area contributed by atoms with Gasteiger partial charge in [-0.05, 0) is 33.9 Å². The van der Waals surface area contributed by atoms with Crippen LogP contribution in [0, 0.1) is 0 Å². The quantitative estimate of drug-likeness (QED) is 0.549. The van der Waals surface area contributed by atoms with Crippen LogP contribution in [0.1, 0.15) is 32.6 Å².